The van der Waals surface area contributed by atoms with Gasteiger partial charge in [-0.3, -0.25) is 0 Å². The molecule has 0 radical (unpaired) electrons. The molecule has 32 heavy (non-hydrogen) atoms. The van der Waals surface area contributed by atoms with Crippen LogP contribution in [0.25, 0.3) is 49.2 Å². The summed E-state index contributed by atoms with van der Waals surface area (Å²) in [6.07, 6.45) is 2.05. The first kappa shape index (κ1) is 20.0. The monoisotopic (exact) mass is 417 g/mol. The molecule has 0 amide bonds. The van der Waals surface area contributed by atoms with Crippen molar-refractivity contribution in [3.63, 3.8) is 0 Å². The number of hydrogen-bond acceptors (Lipinski definition) is 1. The lowest BCUT2D eigenvalue weighted by atomic mass is 9.93. The lowest BCUT2D eigenvalue weighted by molar-refractivity contribution is -0.660. The molecule has 0 saturated carbocycles. The molecule has 0 saturated heterocycles. The zero-order valence-electron chi connectivity index (χ0n) is 18.8. The molecule has 5 rings (SSSR count). The van der Waals surface area contributed by atoms with Gasteiger partial charge in [0, 0.05) is 22.9 Å². The number of aromatic nitrogens is 1. The van der Waals surface area contributed by atoms with Crippen LogP contribution in [0.15, 0.2) is 77.3 Å². The van der Waals surface area contributed by atoms with Crippen LogP contribution in [0, 0.1) is 13.5 Å². The highest BCUT2D eigenvalue weighted by atomic mass is 16.3. The minimum atomic E-state index is 0.465. The van der Waals surface area contributed by atoms with E-state index in [1.807, 2.05) is 18.2 Å². The van der Waals surface area contributed by atoms with Gasteiger partial charge in [-0.15, -0.1) is 0 Å². The van der Waals surface area contributed by atoms with Crippen molar-refractivity contribution in [3.05, 3.63) is 95.5 Å². The van der Waals surface area contributed by atoms with E-state index in [1.165, 1.54) is 5.56 Å². The van der Waals surface area contributed by atoms with E-state index in [0.717, 1.165) is 49.9 Å². The third-order valence-corrected chi connectivity index (χ3v) is 6.29. The van der Waals surface area contributed by atoms with Crippen LogP contribution in [-0.4, -0.2) is 0 Å². The summed E-state index contributed by atoms with van der Waals surface area (Å²) < 4.78 is 8.60. The molecule has 0 spiro atoms. The molecule has 0 aliphatic rings. The van der Waals surface area contributed by atoms with Gasteiger partial charge in [0.15, 0.2) is 11.9 Å². The average molecular weight is 418 g/mol. The maximum Gasteiger partial charge on any atom is 0.216 e. The number of pyridine rings is 1. The highest BCUT2D eigenvalue weighted by Gasteiger charge is 2.23. The zero-order valence-corrected chi connectivity index (χ0v) is 18.8. The van der Waals surface area contributed by atoms with Gasteiger partial charge < -0.3 is 4.42 Å². The number of aryl methyl sites for hydroxylation is 2. The van der Waals surface area contributed by atoms with E-state index in [2.05, 4.69) is 92.0 Å². The van der Waals surface area contributed by atoms with E-state index < -0.39 is 0 Å². The quantitative estimate of drug-likeness (QED) is 0.217. The van der Waals surface area contributed by atoms with Crippen LogP contribution >= 0.6 is 0 Å². The second-order valence-electron chi connectivity index (χ2n) is 8.65. The van der Waals surface area contributed by atoms with Crippen molar-refractivity contribution in [2.75, 3.05) is 0 Å². The second kappa shape index (κ2) is 7.66. The number of rotatable bonds is 3. The maximum absolute atomic E-state index is 7.81. The molecule has 0 N–H and O–H groups in total. The Hall–Kier alpha value is -3.90. The largest absolute Gasteiger partial charge is 0.455 e. The molecule has 3 aromatic carbocycles. The first-order valence-corrected chi connectivity index (χ1v) is 10.9. The average Bonchev–Trinajstić information content (AvgIpc) is 3.17. The first-order chi connectivity index (χ1) is 15.5. The van der Waals surface area contributed by atoms with Crippen LogP contribution in [0.2, 0.25) is 0 Å². The second-order valence-corrected chi connectivity index (χ2v) is 8.65. The van der Waals surface area contributed by atoms with Gasteiger partial charge in [-0.1, -0.05) is 56.3 Å². The fourth-order valence-corrected chi connectivity index (χ4v) is 4.54. The smallest absolute Gasteiger partial charge is 0.216 e. The summed E-state index contributed by atoms with van der Waals surface area (Å²) in [6.45, 7) is 14.3. The van der Waals surface area contributed by atoms with Gasteiger partial charge in [-0.25, -0.2) is 9.41 Å². The fraction of sp³-hybridized carbons (Fsp3) is 0.172. The molecule has 3 heteroatoms. The summed E-state index contributed by atoms with van der Waals surface area (Å²) >= 11 is 0. The van der Waals surface area contributed by atoms with Crippen molar-refractivity contribution >= 4 is 27.6 Å². The van der Waals surface area contributed by atoms with Crippen molar-refractivity contribution in [1.82, 2.24) is 0 Å². The fourth-order valence-electron chi connectivity index (χ4n) is 4.54. The SMILES string of the molecule is [C-]#[N+]c1ccc2oc3c(-c4cccc[n+]4C)c(C)ccc3c2c1-c1ccc(C(C)C)cc1. The van der Waals surface area contributed by atoms with Gasteiger partial charge in [0.25, 0.3) is 0 Å². The predicted octanol–water partition coefficient (Wildman–Crippen LogP) is 7.73. The number of furan rings is 1. The van der Waals surface area contributed by atoms with Crippen molar-refractivity contribution in [3.8, 4) is 22.4 Å². The minimum Gasteiger partial charge on any atom is -0.455 e. The molecule has 3 nitrogen and oxygen atoms in total. The Balaban J connectivity index is 1.87. The summed E-state index contributed by atoms with van der Waals surface area (Å²) in [5.74, 6) is 0.465. The third-order valence-electron chi connectivity index (χ3n) is 6.29. The Morgan fingerprint density at radius 2 is 1.69 bits per heavy atom. The zero-order chi connectivity index (χ0) is 22.4. The normalized spacial score (nSPS) is 11.4. The van der Waals surface area contributed by atoms with Crippen molar-refractivity contribution in [2.24, 2.45) is 7.05 Å². The van der Waals surface area contributed by atoms with Gasteiger partial charge in [-0.05, 0) is 47.2 Å². The van der Waals surface area contributed by atoms with Crippen LogP contribution in [0.5, 0.6) is 0 Å². The standard InChI is InChI=1S/C29H25N2O/c1-18(2)20-10-12-21(13-11-20)27-23(30-4)15-16-25-28(27)22-14-9-19(3)26(29(22)32-25)24-8-6-7-17-31(24)5/h6-18H,1-3,5H3/q+1. The highest BCUT2D eigenvalue weighted by molar-refractivity contribution is 6.18. The summed E-state index contributed by atoms with van der Waals surface area (Å²) in [5, 5.41) is 2.04. The summed E-state index contributed by atoms with van der Waals surface area (Å²) in [4.78, 5) is 3.86. The lowest BCUT2D eigenvalue weighted by Crippen LogP contribution is -2.30. The maximum atomic E-state index is 7.81. The van der Waals surface area contributed by atoms with Crippen molar-refractivity contribution in [1.29, 1.82) is 0 Å². The molecule has 0 atom stereocenters. The number of nitrogens with zero attached hydrogens (tertiary/aromatic N) is 2. The van der Waals surface area contributed by atoms with Gasteiger partial charge in [0.05, 0.1) is 12.1 Å². The molecule has 0 fully saturated rings. The van der Waals surface area contributed by atoms with Crippen molar-refractivity contribution < 1.29 is 8.98 Å². The van der Waals surface area contributed by atoms with E-state index in [1.54, 1.807) is 0 Å². The van der Waals surface area contributed by atoms with Crippen LogP contribution in [0.1, 0.15) is 30.9 Å². The van der Waals surface area contributed by atoms with Gasteiger partial charge in [-0.2, -0.15) is 0 Å². The molecule has 0 aliphatic heterocycles. The Morgan fingerprint density at radius 1 is 0.906 bits per heavy atom. The number of hydrogen-bond donors (Lipinski definition) is 0. The summed E-state index contributed by atoms with van der Waals surface area (Å²) in [5.41, 5.74) is 8.94. The lowest BCUT2D eigenvalue weighted by Gasteiger charge is -2.10. The Bertz CT molecular complexity index is 1520. The molecule has 0 aliphatic carbocycles. The number of benzene rings is 3. The molecular weight excluding hydrogens is 392 g/mol. The molecular formula is C29H25N2O+. The van der Waals surface area contributed by atoms with E-state index in [4.69, 9.17) is 11.0 Å². The van der Waals surface area contributed by atoms with E-state index in [-0.39, 0.29) is 0 Å². The predicted molar refractivity (Wildman–Crippen MR) is 131 cm³/mol. The molecule has 5 aromatic rings. The van der Waals surface area contributed by atoms with Crippen LogP contribution in [0.3, 0.4) is 0 Å². The summed E-state index contributed by atoms with van der Waals surface area (Å²) in [7, 11) is 2.05. The van der Waals surface area contributed by atoms with E-state index >= 15 is 0 Å². The molecule has 2 aromatic heterocycles. The van der Waals surface area contributed by atoms with Gasteiger partial charge >= 0.3 is 0 Å². The molecule has 156 valence electrons. The van der Waals surface area contributed by atoms with Gasteiger partial charge in [0.2, 0.25) is 5.69 Å². The third kappa shape index (κ3) is 3.08. The van der Waals surface area contributed by atoms with Gasteiger partial charge in [0.1, 0.15) is 18.2 Å². The first-order valence-electron chi connectivity index (χ1n) is 10.9. The Labute approximate surface area is 188 Å². The highest BCUT2D eigenvalue weighted by Crippen LogP contribution is 2.45. The summed E-state index contributed by atoms with van der Waals surface area (Å²) in [6, 6.07) is 22.9. The Morgan fingerprint density at radius 3 is 2.38 bits per heavy atom. The molecule has 2 heterocycles. The van der Waals surface area contributed by atoms with Crippen LogP contribution in [-0.2, 0) is 7.05 Å². The molecule has 0 bridgehead atoms. The van der Waals surface area contributed by atoms with E-state index in [9.17, 15) is 0 Å². The number of fused-ring (bicyclic) bond motifs is 3. The molecule has 0 unspecified atom stereocenters. The Kier molecular flexibility index (Phi) is 4.79. The topological polar surface area (TPSA) is 21.4 Å². The minimum absolute atomic E-state index is 0.465. The van der Waals surface area contributed by atoms with E-state index in [0.29, 0.717) is 11.6 Å². The van der Waals surface area contributed by atoms with Crippen LogP contribution in [0.4, 0.5) is 5.69 Å². The van der Waals surface area contributed by atoms with Crippen LogP contribution < -0.4 is 4.57 Å². The van der Waals surface area contributed by atoms with Crippen molar-refractivity contribution in [2.45, 2.75) is 26.7 Å².